The highest BCUT2D eigenvalue weighted by molar-refractivity contribution is 7.07. The van der Waals surface area contributed by atoms with Crippen LogP contribution in [-0.2, 0) is 11.3 Å². The van der Waals surface area contributed by atoms with Crippen molar-refractivity contribution < 1.29 is 9.90 Å². The van der Waals surface area contributed by atoms with Gasteiger partial charge < -0.3 is 9.67 Å². The molecule has 0 fully saturated rings. The lowest BCUT2D eigenvalue weighted by Gasteiger charge is -2.08. The summed E-state index contributed by atoms with van der Waals surface area (Å²) in [6.07, 6.45) is 3.73. The van der Waals surface area contributed by atoms with Gasteiger partial charge in [0.2, 0.25) is 0 Å². The van der Waals surface area contributed by atoms with Crippen molar-refractivity contribution in [2.75, 3.05) is 0 Å². The smallest absolute Gasteiger partial charge is 0.310 e. The monoisotopic (exact) mass is 322 g/mol. The van der Waals surface area contributed by atoms with Gasteiger partial charge in [0.15, 0.2) is 4.80 Å². The van der Waals surface area contributed by atoms with Crippen LogP contribution >= 0.6 is 22.9 Å². The van der Waals surface area contributed by atoms with E-state index in [1.165, 1.54) is 11.3 Å². The Bertz CT molecular complexity index is 733. The number of aromatic nitrogens is 1. The Morgan fingerprint density at radius 1 is 1.62 bits per heavy atom. The van der Waals surface area contributed by atoms with Crippen molar-refractivity contribution in [1.29, 1.82) is 0 Å². The zero-order valence-electron chi connectivity index (χ0n) is 11.5. The standard InChI is InChI=1S/C15H15ClN2O2S/c1-3-6-18-7-8-21-15(18)17-13-5-4-11(9-12(13)16)10(2)14(19)20/h3-5,7-10H,1,6H2,2H3,(H,19,20). The fourth-order valence-electron chi connectivity index (χ4n) is 1.79. The number of carbonyl (C=O) groups is 1. The molecule has 0 amide bonds. The molecule has 0 aliphatic heterocycles. The number of hydrogen-bond donors (Lipinski definition) is 1. The number of nitrogens with zero attached hydrogens (tertiary/aromatic N) is 2. The first-order valence-corrected chi connectivity index (χ1v) is 7.60. The lowest BCUT2D eigenvalue weighted by atomic mass is 10.0. The Balaban J connectivity index is 2.40. The van der Waals surface area contributed by atoms with Gasteiger partial charge in [0.25, 0.3) is 0 Å². The molecule has 0 aliphatic rings. The molecule has 21 heavy (non-hydrogen) atoms. The average molecular weight is 323 g/mol. The number of carboxylic acid groups (broad SMARTS) is 1. The van der Waals surface area contributed by atoms with Crippen LogP contribution in [0.4, 0.5) is 5.69 Å². The van der Waals surface area contributed by atoms with Crippen LogP contribution in [-0.4, -0.2) is 15.6 Å². The third kappa shape index (κ3) is 3.62. The van der Waals surface area contributed by atoms with Crippen LogP contribution in [0.2, 0.25) is 5.02 Å². The molecule has 2 aromatic rings. The Morgan fingerprint density at radius 3 is 3.00 bits per heavy atom. The first-order valence-electron chi connectivity index (χ1n) is 6.34. The quantitative estimate of drug-likeness (QED) is 0.851. The highest BCUT2D eigenvalue weighted by Crippen LogP contribution is 2.28. The molecule has 1 aromatic carbocycles. The van der Waals surface area contributed by atoms with Gasteiger partial charge in [-0.1, -0.05) is 23.7 Å². The summed E-state index contributed by atoms with van der Waals surface area (Å²) in [6.45, 7) is 6.01. The summed E-state index contributed by atoms with van der Waals surface area (Å²) in [6, 6.07) is 5.15. The van der Waals surface area contributed by atoms with Crippen molar-refractivity contribution in [2.24, 2.45) is 4.99 Å². The molecule has 1 unspecified atom stereocenters. The van der Waals surface area contributed by atoms with E-state index < -0.39 is 11.9 Å². The van der Waals surface area contributed by atoms with Crippen LogP contribution in [0.15, 0.2) is 47.4 Å². The minimum absolute atomic E-state index is 0.444. The van der Waals surface area contributed by atoms with Gasteiger partial charge in [0.05, 0.1) is 16.6 Å². The van der Waals surface area contributed by atoms with E-state index in [9.17, 15) is 4.79 Å². The van der Waals surface area contributed by atoms with Crippen molar-refractivity contribution in [2.45, 2.75) is 19.4 Å². The maximum atomic E-state index is 11.0. The molecule has 0 saturated heterocycles. The molecular weight excluding hydrogens is 308 g/mol. The molecule has 1 atom stereocenters. The lowest BCUT2D eigenvalue weighted by Crippen LogP contribution is -2.12. The van der Waals surface area contributed by atoms with Crippen LogP contribution in [0.5, 0.6) is 0 Å². The zero-order chi connectivity index (χ0) is 15.4. The highest BCUT2D eigenvalue weighted by Gasteiger charge is 2.14. The second kappa shape index (κ2) is 6.74. The number of hydrogen-bond acceptors (Lipinski definition) is 3. The summed E-state index contributed by atoms with van der Waals surface area (Å²) in [4.78, 5) is 16.3. The van der Waals surface area contributed by atoms with Crippen LogP contribution in [0.25, 0.3) is 0 Å². The predicted octanol–water partition coefficient (Wildman–Crippen LogP) is 3.81. The van der Waals surface area contributed by atoms with Crippen LogP contribution in [0, 0.1) is 0 Å². The normalized spacial score (nSPS) is 13.1. The molecule has 6 heteroatoms. The number of benzene rings is 1. The maximum Gasteiger partial charge on any atom is 0.310 e. The summed E-state index contributed by atoms with van der Waals surface area (Å²) in [5.41, 5.74) is 1.29. The molecule has 4 nitrogen and oxygen atoms in total. The fraction of sp³-hybridized carbons (Fsp3) is 0.200. The van der Waals surface area contributed by atoms with Crippen LogP contribution < -0.4 is 4.80 Å². The number of aliphatic carboxylic acids is 1. The van der Waals surface area contributed by atoms with Gasteiger partial charge in [0, 0.05) is 18.1 Å². The largest absolute Gasteiger partial charge is 0.481 e. The van der Waals surface area contributed by atoms with Crippen molar-refractivity contribution in [3.05, 3.63) is 57.8 Å². The van der Waals surface area contributed by atoms with E-state index >= 15 is 0 Å². The van der Waals surface area contributed by atoms with E-state index in [0.717, 1.165) is 4.80 Å². The Morgan fingerprint density at radius 2 is 2.38 bits per heavy atom. The average Bonchev–Trinajstić information content (AvgIpc) is 2.88. The van der Waals surface area contributed by atoms with Gasteiger partial charge in [-0.2, -0.15) is 0 Å². The molecule has 2 rings (SSSR count). The zero-order valence-corrected chi connectivity index (χ0v) is 13.1. The summed E-state index contributed by atoms with van der Waals surface area (Å²) in [5.74, 6) is -1.47. The van der Waals surface area contributed by atoms with Crippen molar-refractivity contribution in [1.82, 2.24) is 4.57 Å². The molecule has 1 aromatic heterocycles. The molecule has 1 heterocycles. The summed E-state index contributed by atoms with van der Waals surface area (Å²) >= 11 is 7.72. The second-order valence-electron chi connectivity index (χ2n) is 4.51. The molecule has 1 N–H and O–H groups in total. The van der Waals surface area contributed by atoms with Crippen LogP contribution in [0.1, 0.15) is 18.4 Å². The van der Waals surface area contributed by atoms with Gasteiger partial charge in [0.1, 0.15) is 0 Å². The number of halogens is 1. The predicted molar refractivity (Wildman–Crippen MR) is 85.2 cm³/mol. The SMILES string of the molecule is C=CCn1ccsc1=Nc1ccc(C(C)C(=O)O)cc1Cl. The molecule has 0 aliphatic carbocycles. The van der Waals surface area contributed by atoms with E-state index in [1.54, 1.807) is 31.2 Å². The third-order valence-electron chi connectivity index (χ3n) is 3.04. The van der Waals surface area contributed by atoms with Gasteiger partial charge in [-0.3, -0.25) is 4.79 Å². The van der Waals surface area contributed by atoms with Gasteiger partial charge in [-0.25, -0.2) is 4.99 Å². The highest BCUT2D eigenvalue weighted by atomic mass is 35.5. The topological polar surface area (TPSA) is 54.6 Å². The maximum absolute atomic E-state index is 11.0. The van der Waals surface area contributed by atoms with Crippen LogP contribution in [0.3, 0.4) is 0 Å². The Kier molecular flexibility index (Phi) is 4.98. The van der Waals surface area contributed by atoms with E-state index in [2.05, 4.69) is 11.6 Å². The number of rotatable bonds is 5. The van der Waals surface area contributed by atoms with E-state index in [1.807, 2.05) is 16.1 Å². The summed E-state index contributed by atoms with van der Waals surface area (Å²) in [7, 11) is 0. The summed E-state index contributed by atoms with van der Waals surface area (Å²) < 4.78 is 1.96. The Labute approximate surface area is 131 Å². The molecular formula is C15H15ClN2O2S. The molecule has 0 bridgehead atoms. The minimum atomic E-state index is -0.877. The van der Waals surface area contributed by atoms with Crippen molar-refractivity contribution in [3.8, 4) is 0 Å². The fourth-order valence-corrected chi connectivity index (χ4v) is 2.78. The number of allylic oxidation sites excluding steroid dienone is 1. The van der Waals surface area contributed by atoms with Crippen molar-refractivity contribution in [3.63, 3.8) is 0 Å². The first kappa shape index (κ1) is 15.5. The van der Waals surface area contributed by atoms with E-state index in [0.29, 0.717) is 22.8 Å². The van der Waals surface area contributed by atoms with Crippen molar-refractivity contribution >= 4 is 34.6 Å². The first-order chi connectivity index (χ1) is 10.0. The molecule has 110 valence electrons. The van der Waals surface area contributed by atoms with E-state index in [-0.39, 0.29) is 0 Å². The van der Waals surface area contributed by atoms with E-state index in [4.69, 9.17) is 16.7 Å². The molecule has 0 radical (unpaired) electrons. The Hall–Kier alpha value is -1.85. The second-order valence-corrected chi connectivity index (χ2v) is 5.79. The molecule has 0 spiro atoms. The summed E-state index contributed by atoms with van der Waals surface area (Å²) in [5, 5.41) is 11.4. The van der Waals surface area contributed by atoms with Gasteiger partial charge in [-0.15, -0.1) is 17.9 Å². The third-order valence-corrected chi connectivity index (χ3v) is 4.14. The lowest BCUT2D eigenvalue weighted by molar-refractivity contribution is -0.138. The van der Waals surface area contributed by atoms with Gasteiger partial charge >= 0.3 is 5.97 Å². The number of carboxylic acids is 1. The molecule has 0 saturated carbocycles. The minimum Gasteiger partial charge on any atom is -0.481 e. The van der Waals surface area contributed by atoms with Gasteiger partial charge in [-0.05, 0) is 24.6 Å². The number of thiazole rings is 1.